The van der Waals surface area contributed by atoms with E-state index in [-0.39, 0.29) is 6.04 Å². The molecule has 0 aliphatic heterocycles. The van der Waals surface area contributed by atoms with Gasteiger partial charge < -0.3 is 10.1 Å². The fourth-order valence-corrected chi connectivity index (χ4v) is 4.28. The molecule has 0 radical (unpaired) electrons. The number of aryl methyl sites for hydroxylation is 1. The summed E-state index contributed by atoms with van der Waals surface area (Å²) in [7, 11) is 1.69. The third kappa shape index (κ3) is 4.01. The normalized spacial score (nSPS) is 12.4. The van der Waals surface area contributed by atoms with Crippen LogP contribution in [0.3, 0.4) is 0 Å². The largest absolute Gasteiger partial charge is 0.496 e. The molecule has 1 atom stereocenters. The highest BCUT2D eigenvalue weighted by molar-refractivity contribution is 9.11. The van der Waals surface area contributed by atoms with Gasteiger partial charge >= 0.3 is 0 Å². The Labute approximate surface area is 143 Å². The molecule has 1 aromatic heterocycles. The number of rotatable bonds is 6. The summed E-state index contributed by atoms with van der Waals surface area (Å²) in [6.07, 6.45) is 1.07. The maximum Gasteiger partial charge on any atom is 0.124 e. The molecule has 1 aromatic carbocycles. The summed E-state index contributed by atoms with van der Waals surface area (Å²) in [5, 5.41) is 4.33. The quantitative estimate of drug-likeness (QED) is 0.698. The van der Waals surface area contributed by atoms with Crippen LogP contribution in [0.5, 0.6) is 5.75 Å². The highest BCUT2D eigenvalue weighted by Gasteiger charge is 2.21. The highest BCUT2D eigenvalue weighted by atomic mass is 79.9. The van der Waals surface area contributed by atoms with Crippen LogP contribution >= 0.6 is 38.9 Å². The molecular formula is C16H19BrClNOS. The van der Waals surface area contributed by atoms with Gasteiger partial charge in [0.2, 0.25) is 0 Å². The predicted octanol–water partition coefficient (Wildman–Crippen LogP) is 5.57. The first kappa shape index (κ1) is 16.8. The molecule has 0 amide bonds. The lowest BCUT2D eigenvalue weighted by Gasteiger charge is -2.22. The third-order valence-corrected chi connectivity index (χ3v) is 5.14. The van der Waals surface area contributed by atoms with Crippen molar-refractivity contribution in [1.82, 2.24) is 5.32 Å². The van der Waals surface area contributed by atoms with Crippen LogP contribution in [0.2, 0.25) is 5.02 Å². The molecule has 0 saturated heterocycles. The second-order valence-electron chi connectivity index (χ2n) is 4.84. The first-order chi connectivity index (χ1) is 10.1. The Bertz CT molecular complexity index is 614. The zero-order valence-electron chi connectivity index (χ0n) is 12.4. The molecule has 0 aliphatic rings. The van der Waals surface area contributed by atoms with Gasteiger partial charge in [0.25, 0.3) is 0 Å². The summed E-state index contributed by atoms with van der Waals surface area (Å²) in [6, 6.07) is 8.03. The molecule has 0 aliphatic carbocycles. The summed E-state index contributed by atoms with van der Waals surface area (Å²) in [6.45, 7) is 5.24. The molecule has 1 unspecified atom stereocenters. The Kier molecular flexibility index (Phi) is 6.11. The second kappa shape index (κ2) is 7.63. The molecule has 2 rings (SSSR count). The fourth-order valence-electron chi connectivity index (χ4n) is 2.35. The van der Waals surface area contributed by atoms with Crippen molar-refractivity contribution in [3.05, 3.63) is 49.1 Å². The number of benzene rings is 1. The van der Waals surface area contributed by atoms with Crippen LogP contribution in [-0.2, 0) is 0 Å². The molecule has 1 heterocycles. The van der Waals surface area contributed by atoms with Gasteiger partial charge in [0.05, 0.1) is 16.9 Å². The smallest absolute Gasteiger partial charge is 0.124 e. The number of ether oxygens (including phenoxy) is 1. The Balaban J connectivity index is 2.50. The Hall–Kier alpha value is -0.550. The van der Waals surface area contributed by atoms with E-state index < -0.39 is 0 Å². The molecule has 1 N–H and O–H groups in total. The van der Waals surface area contributed by atoms with E-state index in [1.807, 2.05) is 18.2 Å². The number of thiophene rings is 1. The van der Waals surface area contributed by atoms with Crippen molar-refractivity contribution in [2.45, 2.75) is 26.3 Å². The lowest BCUT2D eigenvalue weighted by Crippen LogP contribution is -2.23. The average Bonchev–Trinajstić information content (AvgIpc) is 2.78. The van der Waals surface area contributed by atoms with Gasteiger partial charge in [0.15, 0.2) is 0 Å². The van der Waals surface area contributed by atoms with Crippen molar-refractivity contribution in [3.63, 3.8) is 0 Å². The Morgan fingerprint density at radius 3 is 2.67 bits per heavy atom. The van der Waals surface area contributed by atoms with E-state index in [4.69, 9.17) is 16.3 Å². The van der Waals surface area contributed by atoms with Gasteiger partial charge in [0.1, 0.15) is 5.75 Å². The fraction of sp³-hybridized carbons (Fsp3) is 0.375. The molecule has 2 nitrogen and oxygen atoms in total. The van der Waals surface area contributed by atoms with Crippen molar-refractivity contribution in [2.75, 3.05) is 13.7 Å². The molecule has 114 valence electrons. The first-order valence-electron chi connectivity index (χ1n) is 6.89. The van der Waals surface area contributed by atoms with Crippen LogP contribution in [0.1, 0.15) is 35.4 Å². The van der Waals surface area contributed by atoms with Crippen LogP contribution in [0.15, 0.2) is 28.1 Å². The number of hydrogen-bond donors (Lipinski definition) is 1. The maximum atomic E-state index is 6.19. The molecule has 2 aromatic rings. The van der Waals surface area contributed by atoms with E-state index in [1.54, 1.807) is 18.4 Å². The van der Waals surface area contributed by atoms with Crippen LogP contribution < -0.4 is 10.1 Å². The maximum absolute atomic E-state index is 6.19. The lowest BCUT2D eigenvalue weighted by atomic mass is 9.98. The average molecular weight is 389 g/mol. The summed E-state index contributed by atoms with van der Waals surface area (Å²) < 4.78 is 6.66. The zero-order valence-corrected chi connectivity index (χ0v) is 15.5. The second-order valence-corrected chi connectivity index (χ2v) is 7.91. The van der Waals surface area contributed by atoms with Gasteiger partial charge in [-0.2, -0.15) is 0 Å². The summed E-state index contributed by atoms with van der Waals surface area (Å²) >= 11 is 11.5. The van der Waals surface area contributed by atoms with E-state index in [0.29, 0.717) is 0 Å². The minimum atomic E-state index is 0.0844. The highest BCUT2D eigenvalue weighted by Crippen LogP contribution is 2.37. The van der Waals surface area contributed by atoms with Crippen molar-refractivity contribution < 1.29 is 4.74 Å². The Morgan fingerprint density at radius 2 is 2.10 bits per heavy atom. The van der Waals surface area contributed by atoms with E-state index in [9.17, 15) is 0 Å². The molecular weight excluding hydrogens is 370 g/mol. The van der Waals surface area contributed by atoms with Gasteiger partial charge in [-0.05, 0) is 65.6 Å². The van der Waals surface area contributed by atoms with E-state index in [2.05, 4.69) is 41.2 Å². The van der Waals surface area contributed by atoms with Gasteiger partial charge in [-0.3, -0.25) is 0 Å². The van der Waals surface area contributed by atoms with Gasteiger partial charge in [-0.1, -0.05) is 18.5 Å². The van der Waals surface area contributed by atoms with Crippen LogP contribution in [-0.4, -0.2) is 13.7 Å². The topological polar surface area (TPSA) is 21.3 Å². The Morgan fingerprint density at radius 1 is 1.33 bits per heavy atom. The number of methoxy groups -OCH3 is 1. The monoisotopic (exact) mass is 387 g/mol. The van der Waals surface area contributed by atoms with Gasteiger partial charge in [-0.25, -0.2) is 0 Å². The molecule has 0 spiro atoms. The van der Waals surface area contributed by atoms with E-state index in [1.165, 1.54) is 10.4 Å². The molecule has 5 heteroatoms. The summed E-state index contributed by atoms with van der Waals surface area (Å²) in [4.78, 5) is 1.29. The SMILES string of the molecule is CCCNC(c1cc(Cl)ccc1OC)c1cc(Br)sc1C. The van der Waals surface area contributed by atoms with Crippen LogP contribution in [0.4, 0.5) is 0 Å². The van der Waals surface area contributed by atoms with Gasteiger partial charge in [0, 0.05) is 15.5 Å². The standard InChI is InChI=1S/C16H19BrClNOS/c1-4-7-19-16(12-9-15(17)21-10(12)2)13-8-11(18)5-6-14(13)20-3/h5-6,8-9,16,19H,4,7H2,1-3H3. The van der Waals surface area contributed by atoms with Crippen LogP contribution in [0, 0.1) is 6.92 Å². The van der Waals surface area contributed by atoms with Crippen molar-refractivity contribution in [1.29, 1.82) is 0 Å². The number of halogens is 2. The molecule has 0 bridgehead atoms. The third-order valence-electron chi connectivity index (χ3n) is 3.34. The summed E-state index contributed by atoms with van der Waals surface area (Å²) in [5.41, 5.74) is 2.34. The zero-order chi connectivity index (χ0) is 15.4. The first-order valence-corrected chi connectivity index (χ1v) is 8.88. The van der Waals surface area contributed by atoms with Gasteiger partial charge in [-0.15, -0.1) is 11.3 Å². The minimum absolute atomic E-state index is 0.0844. The van der Waals surface area contributed by atoms with E-state index >= 15 is 0 Å². The predicted molar refractivity (Wildman–Crippen MR) is 94.9 cm³/mol. The molecule has 21 heavy (non-hydrogen) atoms. The molecule has 0 saturated carbocycles. The van der Waals surface area contributed by atoms with Crippen molar-refractivity contribution in [2.24, 2.45) is 0 Å². The molecule has 0 fully saturated rings. The lowest BCUT2D eigenvalue weighted by molar-refractivity contribution is 0.404. The summed E-state index contributed by atoms with van der Waals surface area (Å²) in [5.74, 6) is 0.856. The van der Waals surface area contributed by atoms with Crippen molar-refractivity contribution >= 4 is 38.9 Å². The van der Waals surface area contributed by atoms with Crippen LogP contribution in [0.25, 0.3) is 0 Å². The minimum Gasteiger partial charge on any atom is -0.496 e. The number of hydrogen-bond acceptors (Lipinski definition) is 3. The number of nitrogens with one attached hydrogen (secondary N) is 1. The van der Waals surface area contributed by atoms with E-state index in [0.717, 1.165) is 33.1 Å². The van der Waals surface area contributed by atoms with Crippen molar-refractivity contribution in [3.8, 4) is 5.75 Å².